The number of benzene rings is 2. The van der Waals surface area contributed by atoms with E-state index in [1.807, 2.05) is 0 Å². The van der Waals surface area contributed by atoms with Gasteiger partial charge in [-0.05, 0) is 18.2 Å². The fourth-order valence-electron chi connectivity index (χ4n) is 2.92. The zero-order chi connectivity index (χ0) is 22.2. The molecule has 0 atom stereocenters. The molecule has 0 aliphatic rings. The molecular formula is C18H19ClF2N4O5S. The number of nitrogens with two attached hydrogens (primary N) is 1. The number of aromatic amines is 1. The predicted octanol–water partition coefficient (Wildman–Crippen LogP) is 1.94. The Bertz CT molecular complexity index is 1300. The first-order chi connectivity index (χ1) is 14.1. The molecule has 0 fully saturated rings. The molecule has 0 saturated carbocycles. The Labute approximate surface area is 182 Å². The average molecular weight is 477 g/mol. The fraction of sp³-hybridized carbons (Fsp3) is 0.222. The maximum atomic E-state index is 14.9. The smallest absolute Gasteiger partial charge is 0.276 e. The third kappa shape index (κ3) is 4.61. The Morgan fingerprint density at radius 1 is 1.10 bits per heavy atom. The molecule has 0 spiro atoms. The Morgan fingerprint density at radius 3 is 2.23 bits per heavy atom. The van der Waals surface area contributed by atoms with Crippen molar-refractivity contribution >= 4 is 33.4 Å². The van der Waals surface area contributed by atoms with Gasteiger partial charge in [-0.1, -0.05) is 6.07 Å². The number of nitrogens with zero attached hydrogens (tertiary/aromatic N) is 2. The molecule has 0 aliphatic carbocycles. The van der Waals surface area contributed by atoms with Gasteiger partial charge in [0.05, 0.1) is 19.6 Å². The van der Waals surface area contributed by atoms with E-state index in [-0.39, 0.29) is 51.5 Å². The molecule has 1 aromatic heterocycles. The van der Waals surface area contributed by atoms with Gasteiger partial charge in [0.15, 0.2) is 23.1 Å². The van der Waals surface area contributed by atoms with Crippen molar-refractivity contribution < 1.29 is 26.7 Å². The van der Waals surface area contributed by atoms with E-state index in [2.05, 4.69) is 10.2 Å². The third-order valence-corrected chi connectivity index (χ3v) is 5.54. The number of hydrogen-bond donors (Lipinski definition) is 2. The largest absolute Gasteiger partial charge is 0.493 e. The molecule has 2 aromatic carbocycles. The minimum atomic E-state index is -4.07. The van der Waals surface area contributed by atoms with Crippen LogP contribution in [0.25, 0.3) is 22.0 Å². The van der Waals surface area contributed by atoms with Crippen LogP contribution in [0.3, 0.4) is 0 Å². The van der Waals surface area contributed by atoms with Crippen LogP contribution in [0, 0.1) is 11.6 Å². The van der Waals surface area contributed by atoms with Gasteiger partial charge in [-0.15, -0.1) is 12.4 Å². The minimum absolute atomic E-state index is 0. The Balaban J connectivity index is 0.00000341. The molecule has 0 unspecified atom stereocenters. The standard InChI is InChI=1S/C18H18F2N4O5S.ClH/c1-24(30(21,26)27)8-9-4-5-10(16(20)15(9)19)17-11-6-13(28-2)14(29-3)7-12(11)18(25)23-22-17;/h4-7H,8H2,1-3H3,(H,23,25)(H2,21,26,27);1H. The summed E-state index contributed by atoms with van der Waals surface area (Å²) in [7, 11) is -0.153. The highest BCUT2D eigenvalue weighted by Crippen LogP contribution is 2.36. The van der Waals surface area contributed by atoms with Gasteiger partial charge in [-0.2, -0.15) is 17.8 Å². The molecule has 31 heavy (non-hydrogen) atoms. The summed E-state index contributed by atoms with van der Waals surface area (Å²) in [6.07, 6.45) is 0. The van der Waals surface area contributed by atoms with Crippen LogP contribution in [0.1, 0.15) is 5.56 Å². The van der Waals surface area contributed by atoms with Gasteiger partial charge in [-0.3, -0.25) is 4.79 Å². The van der Waals surface area contributed by atoms with Crippen molar-refractivity contribution in [2.45, 2.75) is 6.54 Å². The zero-order valence-corrected chi connectivity index (χ0v) is 18.2. The quantitative estimate of drug-likeness (QED) is 0.559. The molecule has 0 saturated heterocycles. The van der Waals surface area contributed by atoms with Gasteiger partial charge in [-0.25, -0.2) is 19.0 Å². The molecule has 0 aliphatic heterocycles. The number of rotatable bonds is 6. The summed E-state index contributed by atoms with van der Waals surface area (Å²) in [6, 6.07) is 5.30. The van der Waals surface area contributed by atoms with E-state index >= 15 is 0 Å². The summed E-state index contributed by atoms with van der Waals surface area (Å²) in [5, 5.41) is 11.4. The van der Waals surface area contributed by atoms with Crippen molar-refractivity contribution in [3.63, 3.8) is 0 Å². The van der Waals surface area contributed by atoms with Crippen molar-refractivity contribution in [3.8, 4) is 22.8 Å². The van der Waals surface area contributed by atoms with E-state index in [1.54, 1.807) is 0 Å². The summed E-state index contributed by atoms with van der Waals surface area (Å²) >= 11 is 0. The first-order valence-electron chi connectivity index (χ1n) is 8.44. The van der Waals surface area contributed by atoms with E-state index in [9.17, 15) is 22.0 Å². The molecule has 3 aromatic rings. The lowest BCUT2D eigenvalue weighted by atomic mass is 10.0. The number of fused-ring (bicyclic) bond motifs is 1. The molecule has 0 radical (unpaired) electrons. The van der Waals surface area contributed by atoms with Crippen LogP contribution in [0.2, 0.25) is 0 Å². The van der Waals surface area contributed by atoms with E-state index in [1.165, 1.54) is 38.5 Å². The van der Waals surface area contributed by atoms with E-state index < -0.39 is 33.9 Å². The van der Waals surface area contributed by atoms with Gasteiger partial charge in [0.25, 0.3) is 15.8 Å². The Hall–Kier alpha value is -2.80. The van der Waals surface area contributed by atoms with Gasteiger partial charge in [0, 0.05) is 30.1 Å². The highest BCUT2D eigenvalue weighted by atomic mass is 35.5. The van der Waals surface area contributed by atoms with E-state index in [4.69, 9.17) is 14.6 Å². The SMILES string of the molecule is COc1cc2c(-c3ccc(CN(C)S(N)(=O)=O)c(F)c3F)n[nH]c(=O)c2cc1OC.Cl. The second-order valence-corrected chi connectivity index (χ2v) is 8.01. The van der Waals surface area contributed by atoms with Crippen molar-refractivity contribution in [3.05, 3.63) is 51.8 Å². The highest BCUT2D eigenvalue weighted by molar-refractivity contribution is 7.86. The summed E-state index contributed by atoms with van der Waals surface area (Å²) < 4.78 is 63.3. The van der Waals surface area contributed by atoms with Crippen LogP contribution in [0.15, 0.2) is 29.1 Å². The molecule has 3 rings (SSSR count). The zero-order valence-electron chi connectivity index (χ0n) is 16.6. The van der Waals surface area contributed by atoms with E-state index in [0.717, 1.165) is 7.05 Å². The summed E-state index contributed by atoms with van der Waals surface area (Å²) in [5.41, 5.74) is -1.04. The normalized spacial score (nSPS) is 11.5. The Kier molecular flexibility index (Phi) is 7.21. The molecule has 168 valence electrons. The summed E-state index contributed by atoms with van der Waals surface area (Å²) in [5.74, 6) is -1.97. The van der Waals surface area contributed by atoms with E-state index in [0.29, 0.717) is 4.31 Å². The van der Waals surface area contributed by atoms with Crippen LogP contribution in [-0.2, 0) is 16.8 Å². The topological polar surface area (TPSA) is 128 Å². The number of nitrogens with one attached hydrogen (secondary N) is 1. The number of methoxy groups -OCH3 is 2. The average Bonchev–Trinajstić information content (AvgIpc) is 2.70. The molecule has 13 heteroatoms. The first-order valence-corrected chi connectivity index (χ1v) is 9.94. The predicted molar refractivity (Wildman–Crippen MR) is 113 cm³/mol. The summed E-state index contributed by atoms with van der Waals surface area (Å²) in [6.45, 7) is -0.466. The minimum Gasteiger partial charge on any atom is -0.493 e. The van der Waals surface area contributed by atoms with Crippen LogP contribution in [-0.4, -0.2) is 44.2 Å². The van der Waals surface area contributed by atoms with Crippen LogP contribution >= 0.6 is 12.4 Å². The lowest BCUT2D eigenvalue weighted by molar-refractivity contribution is 0.356. The maximum Gasteiger partial charge on any atom is 0.276 e. The Morgan fingerprint density at radius 2 is 1.68 bits per heavy atom. The number of H-pyrrole nitrogens is 1. The van der Waals surface area contributed by atoms with Crippen LogP contribution in [0.4, 0.5) is 8.78 Å². The van der Waals surface area contributed by atoms with Crippen LogP contribution in [0.5, 0.6) is 11.5 Å². The van der Waals surface area contributed by atoms with Crippen molar-refractivity contribution in [2.24, 2.45) is 5.14 Å². The lowest BCUT2D eigenvalue weighted by Gasteiger charge is -2.15. The molecule has 3 N–H and O–H groups in total. The number of aromatic nitrogens is 2. The molecule has 0 amide bonds. The van der Waals surface area contributed by atoms with Gasteiger partial charge >= 0.3 is 0 Å². The van der Waals surface area contributed by atoms with Gasteiger partial charge in [0.1, 0.15) is 5.69 Å². The fourth-order valence-corrected chi connectivity index (χ4v) is 3.24. The van der Waals surface area contributed by atoms with Crippen molar-refractivity contribution in [1.82, 2.24) is 14.5 Å². The monoisotopic (exact) mass is 476 g/mol. The molecule has 1 heterocycles. The molecule has 9 nitrogen and oxygen atoms in total. The highest BCUT2D eigenvalue weighted by Gasteiger charge is 2.22. The number of hydrogen-bond acceptors (Lipinski definition) is 6. The maximum absolute atomic E-state index is 14.9. The van der Waals surface area contributed by atoms with Gasteiger partial charge in [0.2, 0.25) is 0 Å². The first kappa shape index (κ1) is 24.5. The van der Waals surface area contributed by atoms with Crippen molar-refractivity contribution in [2.75, 3.05) is 21.3 Å². The second kappa shape index (κ2) is 9.14. The van der Waals surface area contributed by atoms with Crippen LogP contribution < -0.4 is 20.2 Å². The van der Waals surface area contributed by atoms with Crippen molar-refractivity contribution in [1.29, 1.82) is 0 Å². The van der Waals surface area contributed by atoms with Gasteiger partial charge < -0.3 is 9.47 Å². The lowest BCUT2D eigenvalue weighted by Crippen LogP contribution is -2.33. The third-order valence-electron chi connectivity index (χ3n) is 4.54. The number of ether oxygens (including phenoxy) is 2. The molecule has 0 bridgehead atoms. The molecular weight excluding hydrogens is 458 g/mol. The number of halogens is 3. The summed E-state index contributed by atoms with van der Waals surface area (Å²) in [4.78, 5) is 12.2. The second-order valence-electron chi connectivity index (χ2n) is 6.36.